The molecule has 0 bridgehead atoms. The van der Waals surface area contributed by atoms with E-state index in [1.165, 1.54) is 6.92 Å². The average molecular weight is 252 g/mol. The lowest BCUT2D eigenvalue weighted by Crippen LogP contribution is -2.35. The quantitative estimate of drug-likeness (QED) is 0.735. The third-order valence-electron chi connectivity index (χ3n) is 0.981. The van der Waals surface area contributed by atoms with Crippen molar-refractivity contribution in [2.45, 2.75) is 16.1 Å². The van der Waals surface area contributed by atoms with Gasteiger partial charge in [0.15, 0.2) is 9.84 Å². The highest BCUT2D eigenvalue weighted by Crippen LogP contribution is 2.33. The number of aliphatic hydroxyl groups is 1. The molecule has 6 heteroatoms. The van der Waals surface area contributed by atoms with Crippen LogP contribution in [-0.2, 0) is 9.84 Å². The summed E-state index contributed by atoms with van der Waals surface area (Å²) in [5.41, 5.74) is 0. The zero-order valence-corrected chi connectivity index (χ0v) is 8.66. The monoisotopic (exact) mass is 250 g/mol. The zero-order chi connectivity index (χ0) is 8.58. The minimum Gasteiger partial charge on any atom is -0.390 e. The molecule has 0 aliphatic carbocycles. The summed E-state index contributed by atoms with van der Waals surface area (Å²) in [7, 11) is -3.47. The molecule has 0 saturated carbocycles. The van der Waals surface area contributed by atoms with Crippen LogP contribution in [0.5, 0.6) is 0 Å². The predicted octanol–water partition coefficient (Wildman–Crippen LogP) is 0.699. The maximum absolute atomic E-state index is 10.8. The molecule has 0 saturated heterocycles. The van der Waals surface area contributed by atoms with E-state index in [-0.39, 0.29) is 0 Å². The minimum atomic E-state index is -3.47. The molecule has 0 aliphatic rings. The number of rotatable bonds is 2. The van der Waals surface area contributed by atoms with Gasteiger partial charge >= 0.3 is 0 Å². The van der Waals surface area contributed by atoms with Gasteiger partial charge in [0.2, 0.25) is 3.12 Å². The molecule has 0 rings (SSSR count). The lowest BCUT2D eigenvalue weighted by atomic mass is 10.5. The van der Waals surface area contributed by atoms with Gasteiger partial charge in [0.25, 0.3) is 0 Å². The summed E-state index contributed by atoms with van der Waals surface area (Å²) < 4.78 is 19.8. The molecule has 0 aromatic carbocycles. The van der Waals surface area contributed by atoms with Gasteiger partial charge in [-0.05, 0) is 22.9 Å². The highest BCUT2D eigenvalue weighted by atomic mass is 79.9. The second-order valence-electron chi connectivity index (χ2n) is 2.01. The predicted molar refractivity (Wildman–Crippen MR) is 44.0 cm³/mol. The Bertz CT molecular complexity index is 209. The van der Waals surface area contributed by atoms with E-state index in [1.807, 2.05) is 0 Å². The van der Waals surface area contributed by atoms with Gasteiger partial charge in [-0.3, -0.25) is 0 Å². The van der Waals surface area contributed by atoms with E-state index in [4.69, 9.17) is 16.7 Å². The first-order chi connectivity index (χ1) is 4.19. The summed E-state index contributed by atoms with van der Waals surface area (Å²) in [5, 5.41) is 8.86. The first-order valence-corrected chi connectivity index (χ1v) is 5.51. The smallest absolute Gasteiger partial charge is 0.224 e. The van der Waals surface area contributed by atoms with Crippen LogP contribution in [0.1, 0.15) is 6.92 Å². The Hall–Kier alpha value is 0.680. The van der Waals surface area contributed by atoms with Crippen molar-refractivity contribution in [2.24, 2.45) is 0 Å². The fraction of sp³-hybridized carbons (Fsp3) is 1.00. The Morgan fingerprint density at radius 1 is 1.70 bits per heavy atom. The van der Waals surface area contributed by atoms with Gasteiger partial charge in [-0.15, -0.1) is 0 Å². The maximum atomic E-state index is 10.8. The minimum absolute atomic E-state index is 0.946. The summed E-state index contributed by atoms with van der Waals surface area (Å²) in [6.45, 7) is 1.29. The Morgan fingerprint density at radius 3 is 2.00 bits per heavy atom. The van der Waals surface area contributed by atoms with Crippen molar-refractivity contribution in [3.05, 3.63) is 0 Å². The van der Waals surface area contributed by atoms with Gasteiger partial charge in [-0.25, -0.2) is 8.42 Å². The molecular formula is C4H8BrClO3S. The van der Waals surface area contributed by atoms with Crippen LogP contribution in [0.15, 0.2) is 0 Å². The molecule has 2 atom stereocenters. The van der Waals surface area contributed by atoms with Crippen molar-refractivity contribution >= 4 is 37.4 Å². The summed E-state index contributed by atoms with van der Waals surface area (Å²) in [4.78, 5) is 0. The molecule has 3 nitrogen and oxygen atoms in total. The average Bonchev–Trinajstić information content (AvgIpc) is 1.62. The summed E-state index contributed by atoms with van der Waals surface area (Å²) in [6.07, 6.45) is -0.203. The van der Waals surface area contributed by atoms with Gasteiger partial charge in [0.05, 0.1) is 6.10 Å². The molecule has 0 aromatic rings. The number of hydrogen-bond acceptors (Lipinski definition) is 3. The highest BCUT2D eigenvalue weighted by molar-refractivity contribution is 9.12. The van der Waals surface area contributed by atoms with E-state index in [0.29, 0.717) is 0 Å². The van der Waals surface area contributed by atoms with Gasteiger partial charge in [0.1, 0.15) is 0 Å². The van der Waals surface area contributed by atoms with E-state index in [1.54, 1.807) is 0 Å². The summed E-state index contributed by atoms with van der Waals surface area (Å²) >= 11 is 8.12. The first kappa shape index (κ1) is 10.7. The molecular weight excluding hydrogens is 243 g/mol. The molecule has 0 heterocycles. The molecule has 62 valence electrons. The van der Waals surface area contributed by atoms with Gasteiger partial charge in [0, 0.05) is 6.26 Å². The fourth-order valence-corrected chi connectivity index (χ4v) is 0.929. The topological polar surface area (TPSA) is 54.4 Å². The molecule has 0 aliphatic heterocycles. The van der Waals surface area contributed by atoms with Crippen LogP contribution < -0.4 is 0 Å². The van der Waals surface area contributed by atoms with Crippen LogP contribution in [0.4, 0.5) is 0 Å². The van der Waals surface area contributed by atoms with Crippen LogP contribution in [0.2, 0.25) is 0 Å². The number of halogens is 2. The van der Waals surface area contributed by atoms with Crippen molar-refractivity contribution in [1.29, 1.82) is 0 Å². The molecule has 1 N–H and O–H groups in total. The number of hydrogen-bond donors (Lipinski definition) is 1. The van der Waals surface area contributed by atoms with Crippen LogP contribution in [0.25, 0.3) is 0 Å². The summed E-state index contributed by atoms with van der Waals surface area (Å²) in [5.74, 6) is 0. The molecule has 0 aromatic heterocycles. The lowest BCUT2D eigenvalue weighted by molar-refractivity contribution is 0.202. The third-order valence-corrected chi connectivity index (χ3v) is 5.89. The Morgan fingerprint density at radius 2 is 2.00 bits per heavy atom. The van der Waals surface area contributed by atoms with Crippen molar-refractivity contribution in [1.82, 2.24) is 0 Å². The van der Waals surface area contributed by atoms with Gasteiger partial charge < -0.3 is 5.11 Å². The number of sulfone groups is 1. The number of alkyl halides is 2. The van der Waals surface area contributed by atoms with E-state index >= 15 is 0 Å². The van der Waals surface area contributed by atoms with Crippen LogP contribution in [0, 0.1) is 0 Å². The molecule has 0 amide bonds. The van der Waals surface area contributed by atoms with E-state index in [9.17, 15) is 8.42 Å². The van der Waals surface area contributed by atoms with E-state index in [0.717, 1.165) is 6.26 Å². The van der Waals surface area contributed by atoms with E-state index in [2.05, 4.69) is 15.9 Å². The maximum Gasteiger partial charge on any atom is 0.224 e. The van der Waals surface area contributed by atoms with Crippen molar-refractivity contribution in [2.75, 3.05) is 6.26 Å². The Labute approximate surface area is 73.4 Å². The normalized spacial score (nSPS) is 21.7. The first-order valence-electron chi connectivity index (χ1n) is 2.45. The Balaban J connectivity index is 4.76. The molecule has 0 radical (unpaired) electrons. The molecule has 10 heavy (non-hydrogen) atoms. The van der Waals surface area contributed by atoms with Crippen molar-refractivity contribution in [3.8, 4) is 0 Å². The molecule has 0 fully saturated rings. The standard InChI is InChI=1S/C4H8BrClO3S/c1-3(7)4(5,6)10(2,8)9/h3,7H,1-2H3/t3-,4+/m1/s1. The van der Waals surface area contributed by atoms with Crippen LogP contribution in [-0.4, -0.2) is 29.0 Å². The third kappa shape index (κ3) is 2.08. The molecule has 0 spiro atoms. The van der Waals surface area contributed by atoms with Crippen LogP contribution in [0.3, 0.4) is 0 Å². The van der Waals surface area contributed by atoms with Crippen LogP contribution >= 0.6 is 27.5 Å². The van der Waals surface area contributed by atoms with E-state index < -0.39 is 19.1 Å². The van der Waals surface area contributed by atoms with Gasteiger partial charge in [-0.1, -0.05) is 11.6 Å². The molecule has 0 unspecified atom stereocenters. The largest absolute Gasteiger partial charge is 0.390 e. The second kappa shape index (κ2) is 2.97. The zero-order valence-electron chi connectivity index (χ0n) is 5.51. The fourth-order valence-electron chi connectivity index (χ4n) is 0.310. The summed E-state index contributed by atoms with van der Waals surface area (Å²) in [6, 6.07) is 0. The Kier molecular flexibility index (Phi) is 3.17. The van der Waals surface area contributed by atoms with Gasteiger partial charge in [-0.2, -0.15) is 0 Å². The van der Waals surface area contributed by atoms with Crippen molar-refractivity contribution < 1.29 is 13.5 Å². The number of aliphatic hydroxyl groups excluding tert-OH is 1. The second-order valence-corrected chi connectivity index (χ2v) is 7.25. The lowest BCUT2D eigenvalue weighted by Gasteiger charge is -2.20. The highest BCUT2D eigenvalue weighted by Gasteiger charge is 2.40. The van der Waals surface area contributed by atoms with Crippen molar-refractivity contribution in [3.63, 3.8) is 0 Å². The SMILES string of the molecule is C[C@@H](O)[C@@](Cl)(Br)S(C)(=O)=O.